The van der Waals surface area contributed by atoms with E-state index in [9.17, 15) is 4.79 Å². The summed E-state index contributed by atoms with van der Waals surface area (Å²) in [6, 6.07) is 11.2. The van der Waals surface area contributed by atoms with Crippen LogP contribution in [0.2, 0.25) is 0 Å². The number of H-pyrrole nitrogens is 1. The number of aromatic nitrogens is 3. The lowest BCUT2D eigenvalue weighted by atomic mass is 10.2. The van der Waals surface area contributed by atoms with Gasteiger partial charge in [-0.3, -0.25) is 4.79 Å². The average molecular weight is 508 g/mol. The quantitative estimate of drug-likeness (QED) is 0.360. The maximum absolute atomic E-state index is 11.1. The van der Waals surface area contributed by atoms with Gasteiger partial charge in [-0.15, -0.1) is 0 Å². The van der Waals surface area contributed by atoms with Crippen molar-refractivity contribution < 1.29 is 19.0 Å². The van der Waals surface area contributed by atoms with Crippen LogP contribution in [0.1, 0.15) is 12.5 Å². The van der Waals surface area contributed by atoms with Crippen molar-refractivity contribution in [1.82, 2.24) is 14.9 Å². The zero-order valence-corrected chi connectivity index (χ0v) is 19.4. The summed E-state index contributed by atoms with van der Waals surface area (Å²) in [5, 5.41) is 7.13. The number of methoxy groups -OCH3 is 1. The van der Waals surface area contributed by atoms with Crippen molar-refractivity contribution in [3.8, 4) is 28.6 Å². The predicted molar refractivity (Wildman–Crippen MR) is 122 cm³/mol. The van der Waals surface area contributed by atoms with E-state index in [0.29, 0.717) is 45.5 Å². The minimum Gasteiger partial charge on any atom is -0.496 e. The molecule has 0 unspecified atom stereocenters. The Morgan fingerprint density at radius 3 is 2.77 bits per heavy atom. The lowest BCUT2D eigenvalue weighted by molar-refractivity contribution is -0.119. The van der Waals surface area contributed by atoms with Gasteiger partial charge in [0.2, 0.25) is 4.77 Å². The number of amides is 1. The SMILES string of the molecule is CCOc1cc(CNn2c(-c3ccccc3OC)n[nH]c2=S)cc(Br)c1OCC(N)=O. The molecule has 0 fully saturated rings. The molecule has 0 aliphatic carbocycles. The summed E-state index contributed by atoms with van der Waals surface area (Å²) < 4.78 is 19.3. The monoisotopic (exact) mass is 507 g/mol. The van der Waals surface area contributed by atoms with Crippen LogP contribution in [0, 0.1) is 4.77 Å². The maximum atomic E-state index is 11.1. The van der Waals surface area contributed by atoms with Crippen molar-refractivity contribution in [1.29, 1.82) is 0 Å². The summed E-state index contributed by atoms with van der Waals surface area (Å²) >= 11 is 8.86. The number of nitrogens with zero attached hydrogens (tertiary/aromatic N) is 2. The van der Waals surface area contributed by atoms with Crippen LogP contribution in [-0.2, 0) is 11.3 Å². The van der Waals surface area contributed by atoms with E-state index >= 15 is 0 Å². The third kappa shape index (κ3) is 5.36. The van der Waals surface area contributed by atoms with Crippen LogP contribution in [0.4, 0.5) is 0 Å². The fraction of sp³-hybridized carbons (Fsp3) is 0.250. The van der Waals surface area contributed by atoms with Gasteiger partial charge in [-0.2, -0.15) is 5.10 Å². The van der Waals surface area contributed by atoms with Crippen LogP contribution in [0.3, 0.4) is 0 Å². The second-order valence-corrected chi connectivity index (χ2v) is 7.56. The highest BCUT2D eigenvalue weighted by molar-refractivity contribution is 9.10. The summed E-state index contributed by atoms with van der Waals surface area (Å²) in [6.07, 6.45) is 0. The number of benzene rings is 2. The molecule has 0 saturated heterocycles. The van der Waals surface area contributed by atoms with Crippen molar-refractivity contribution in [2.75, 3.05) is 25.7 Å². The van der Waals surface area contributed by atoms with Gasteiger partial charge in [0.1, 0.15) is 5.75 Å². The summed E-state index contributed by atoms with van der Waals surface area (Å²) in [7, 11) is 1.60. The Hall–Kier alpha value is -3.05. The minimum atomic E-state index is -0.571. The Kier molecular flexibility index (Phi) is 7.53. The molecule has 0 radical (unpaired) electrons. The summed E-state index contributed by atoms with van der Waals surface area (Å²) in [6.45, 7) is 2.45. The summed E-state index contributed by atoms with van der Waals surface area (Å²) in [4.78, 5) is 11.1. The molecular weight excluding hydrogens is 486 g/mol. The predicted octanol–water partition coefficient (Wildman–Crippen LogP) is 3.39. The van der Waals surface area contributed by atoms with E-state index < -0.39 is 5.91 Å². The number of rotatable bonds is 10. The Morgan fingerprint density at radius 2 is 2.06 bits per heavy atom. The first kappa shape index (κ1) is 22.6. The van der Waals surface area contributed by atoms with E-state index in [1.807, 2.05) is 43.3 Å². The third-order valence-corrected chi connectivity index (χ3v) is 5.05. The van der Waals surface area contributed by atoms with Crippen LogP contribution in [-0.4, -0.2) is 41.1 Å². The van der Waals surface area contributed by atoms with Crippen molar-refractivity contribution in [3.63, 3.8) is 0 Å². The van der Waals surface area contributed by atoms with E-state index in [-0.39, 0.29) is 6.61 Å². The molecule has 9 nitrogen and oxygen atoms in total. The maximum Gasteiger partial charge on any atom is 0.255 e. The molecule has 1 amide bonds. The van der Waals surface area contributed by atoms with Crippen molar-refractivity contribution >= 4 is 34.1 Å². The molecule has 4 N–H and O–H groups in total. The highest BCUT2D eigenvalue weighted by atomic mass is 79.9. The molecule has 0 aliphatic rings. The smallest absolute Gasteiger partial charge is 0.255 e. The second-order valence-electron chi connectivity index (χ2n) is 6.32. The molecular formula is C20H22BrN5O4S. The van der Waals surface area contributed by atoms with E-state index in [4.69, 9.17) is 32.2 Å². The molecule has 1 aromatic heterocycles. The van der Waals surface area contributed by atoms with Crippen LogP contribution in [0.5, 0.6) is 17.2 Å². The van der Waals surface area contributed by atoms with Gasteiger partial charge in [-0.1, -0.05) is 12.1 Å². The first-order chi connectivity index (χ1) is 14.9. The molecule has 2 aromatic carbocycles. The summed E-state index contributed by atoms with van der Waals surface area (Å²) in [5.74, 6) is 1.61. The molecule has 3 aromatic rings. The number of nitrogens with one attached hydrogen (secondary N) is 2. The number of hydrogen-bond acceptors (Lipinski definition) is 7. The number of aromatic amines is 1. The summed E-state index contributed by atoms with van der Waals surface area (Å²) in [5.41, 5.74) is 10.1. The van der Waals surface area contributed by atoms with Crippen LogP contribution in [0.25, 0.3) is 11.4 Å². The van der Waals surface area contributed by atoms with Gasteiger partial charge in [-0.25, -0.2) is 9.77 Å². The number of para-hydroxylation sites is 1. The second kappa shape index (κ2) is 10.3. The fourth-order valence-electron chi connectivity index (χ4n) is 2.89. The third-order valence-electron chi connectivity index (χ3n) is 4.19. The normalized spacial score (nSPS) is 10.5. The van der Waals surface area contributed by atoms with E-state index in [1.54, 1.807) is 11.8 Å². The molecule has 164 valence electrons. The lowest BCUT2D eigenvalue weighted by Gasteiger charge is -2.16. The van der Waals surface area contributed by atoms with Gasteiger partial charge in [0.05, 0.1) is 30.3 Å². The Morgan fingerprint density at radius 1 is 1.29 bits per heavy atom. The van der Waals surface area contributed by atoms with Gasteiger partial charge in [0.25, 0.3) is 5.91 Å². The van der Waals surface area contributed by atoms with E-state index in [0.717, 1.165) is 11.1 Å². The number of ether oxygens (including phenoxy) is 3. The minimum absolute atomic E-state index is 0.247. The largest absolute Gasteiger partial charge is 0.496 e. The van der Waals surface area contributed by atoms with Crippen molar-refractivity contribution in [2.45, 2.75) is 13.5 Å². The highest BCUT2D eigenvalue weighted by Gasteiger charge is 2.16. The molecule has 3 rings (SSSR count). The van der Waals surface area contributed by atoms with Gasteiger partial charge < -0.3 is 25.4 Å². The average Bonchev–Trinajstić information content (AvgIpc) is 3.11. The van der Waals surface area contributed by atoms with Gasteiger partial charge in [0, 0.05) is 0 Å². The molecule has 0 atom stereocenters. The van der Waals surface area contributed by atoms with Gasteiger partial charge in [0.15, 0.2) is 23.9 Å². The lowest BCUT2D eigenvalue weighted by Crippen LogP contribution is -2.20. The molecule has 31 heavy (non-hydrogen) atoms. The molecule has 0 saturated carbocycles. The zero-order chi connectivity index (χ0) is 22.4. The highest BCUT2D eigenvalue weighted by Crippen LogP contribution is 2.37. The molecule has 0 bridgehead atoms. The number of primary amides is 1. The standard InChI is InChI=1S/C20H22BrN5O4S/c1-3-29-16-9-12(8-14(21)18(16)30-11-17(22)27)10-23-26-19(24-25-20(26)31)13-6-4-5-7-15(13)28-2/h4-9,23H,3,10-11H2,1-2H3,(H2,22,27)(H,25,31). The Balaban J connectivity index is 1.87. The number of hydrogen-bond donors (Lipinski definition) is 3. The van der Waals surface area contributed by atoms with Crippen LogP contribution >= 0.6 is 28.1 Å². The Labute approximate surface area is 192 Å². The first-order valence-corrected chi connectivity index (χ1v) is 10.6. The van der Waals surface area contributed by atoms with E-state index in [1.165, 1.54) is 0 Å². The van der Waals surface area contributed by atoms with Gasteiger partial charge >= 0.3 is 0 Å². The molecule has 1 heterocycles. The van der Waals surface area contributed by atoms with Crippen LogP contribution in [0.15, 0.2) is 40.9 Å². The number of carbonyl (C=O) groups excluding carboxylic acids is 1. The zero-order valence-electron chi connectivity index (χ0n) is 17.0. The van der Waals surface area contributed by atoms with Crippen LogP contribution < -0.4 is 25.4 Å². The number of halogens is 1. The molecule has 11 heteroatoms. The van der Waals surface area contributed by atoms with Gasteiger partial charge in [-0.05, 0) is 64.9 Å². The van der Waals surface area contributed by atoms with E-state index in [2.05, 4.69) is 31.6 Å². The van der Waals surface area contributed by atoms with Crippen molar-refractivity contribution in [3.05, 3.63) is 51.2 Å². The number of carbonyl (C=O) groups is 1. The molecule has 0 aliphatic heterocycles. The first-order valence-electron chi connectivity index (χ1n) is 9.35. The van der Waals surface area contributed by atoms with Crippen molar-refractivity contribution in [2.24, 2.45) is 5.73 Å². The molecule has 0 spiro atoms. The topological polar surface area (TPSA) is 116 Å². The Bertz CT molecular complexity index is 1130. The fourth-order valence-corrected chi connectivity index (χ4v) is 3.69. The number of nitrogens with two attached hydrogens (primary N) is 1.